The molecule has 0 unspecified atom stereocenters. The second-order valence-corrected chi connectivity index (χ2v) is 6.95. The maximum absolute atomic E-state index is 13.5. The van der Waals surface area contributed by atoms with E-state index in [1.54, 1.807) is 24.3 Å². The third kappa shape index (κ3) is 2.84. The summed E-state index contributed by atoms with van der Waals surface area (Å²) < 4.78 is 15.0. The van der Waals surface area contributed by atoms with Crippen molar-refractivity contribution in [3.8, 4) is 17.1 Å². The fourth-order valence-corrected chi connectivity index (χ4v) is 3.69. The summed E-state index contributed by atoms with van der Waals surface area (Å²) >= 11 is 0. The molecule has 1 aliphatic rings. The van der Waals surface area contributed by atoms with E-state index in [4.69, 9.17) is 0 Å². The Bertz CT molecular complexity index is 1390. The van der Waals surface area contributed by atoms with Crippen LogP contribution in [0.5, 0.6) is 0 Å². The van der Waals surface area contributed by atoms with Gasteiger partial charge in [-0.05, 0) is 36.4 Å². The number of benzene rings is 3. The van der Waals surface area contributed by atoms with E-state index in [1.807, 2.05) is 0 Å². The van der Waals surface area contributed by atoms with E-state index in [9.17, 15) is 24.1 Å². The molecule has 1 aliphatic carbocycles. The summed E-state index contributed by atoms with van der Waals surface area (Å²) in [5, 5.41) is 11.0. The zero-order valence-electron chi connectivity index (χ0n) is 15.8. The summed E-state index contributed by atoms with van der Waals surface area (Å²) in [5.41, 5.74) is 1.36. The number of carbonyl (C=O) groups is 2. The van der Waals surface area contributed by atoms with Crippen LogP contribution in [0.15, 0.2) is 72.8 Å². The number of hydrogen-bond donors (Lipinski definition) is 0. The van der Waals surface area contributed by atoms with Crippen molar-refractivity contribution in [2.75, 3.05) is 0 Å². The number of hydrogen-bond acceptors (Lipinski definition) is 5. The number of nitro benzene ring substituents is 1. The standard InChI is InChI=1S/C23H12FN3O4/c24-14-7-5-13(6-8-14)23-25-19-20(22(29)18-4-2-1-3-17(18)21(19)28)26(23)15-9-11-16(12-10-15)27(30)31/h1-12H. The number of rotatable bonds is 3. The zero-order valence-corrected chi connectivity index (χ0v) is 15.8. The largest absolute Gasteiger partial charge is 0.289 e. The SMILES string of the molecule is O=C1c2ccccc2C(=O)c2c1nc(-c1ccc(F)cc1)n2-c1ccc([N+](=O)[O-])cc1. The average Bonchev–Trinajstić information content (AvgIpc) is 3.19. The Morgan fingerprint density at radius 1 is 0.839 bits per heavy atom. The van der Waals surface area contributed by atoms with Crippen LogP contribution in [0.25, 0.3) is 17.1 Å². The van der Waals surface area contributed by atoms with Gasteiger partial charge in [0.1, 0.15) is 23.0 Å². The molecule has 4 aromatic rings. The predicted molar refractivity (Wildman–Crippen MR) is 109 cm³/mol. The minimum atomic E-state index is -0.529. The summed E-state index contributed by atoms with van der Waals surface area (Å²) in [5.74, 6) is -0.964. The Balaban J connectivity index is 1.80. The molecular weight excluding hydrogens is 401 g/mol. The topological polar surface area (TPSA) is 95.1 Å². The fraction of sp³-hybridized carbons (Fsp3) is 0. The van der Waals surface area contributed by atoms with Crippen LogP contribution >= 0.6 is 0 Å². The van der Waals surface area contributed by atoms with Crippen LogP contribution in [-0.4, -0.2) is 26.0 Å². The van der Waals surface area contributed by atoms with Crippen molar-refractivity contribution in [1.82, 2.24) is 9.55 Å². The third-order valence-electron chi connectivity index (χ3n) is 5.15. The van der Waals surface area contributed by atoms with E-state index in [0.717, 1.165) is 0 Å². The van der Waals surface area contributed by atoms with Gasteiger partial charge in [-0.25, -0.2) is 9.37 Å². The smallest absolute Gasteiger partial charge is 0.269 e. The van der Waals surface area contributed by atoms with Crippen molar-refractivity contribution in [3.05, 3.63) is 111 Å². The van der Waals surface area contributed by atoms with Gasteiger partial charge in [-0.1, -0.05) is 24.3 Å². The highest BCUT2D eigenvalue weighted by Crippen LogP contribution is 2.34. The molecule has 0 fully saturated rings. The first-order valence-corrected chi connectivity index (χ1v) is 9.27. The van der Waals surface area contributed by atoms with Crippen LogP contribution in [0.1, 0.15) is 32.1 Å². The van der Waals surface area contributed by atoms with Crippen molar-refractivity contribution >= 4 is 17.3 Å². The Labute approximate surface area is 174 Å². The molecule has 5 rings (SSSR count). The summed E-state index contributed by atoms with van der Waals surface area (Å²) in [6.45, 7) is 0. The minimum absolute atomic E-state index is 0.0126. The second-order valence-electron chi connectivity index (χ2n) is 6.95. The first-order chi connectivity index (χ1) is 15.0. The van der Waals surface area contributed by atoms with Crippen LogP contribution in [0.4, 0.5) is 10.1 Å². The van der Waals surface area contributed by atoms with Gasteiger partial charge in [0.15, 0.2) is 0 Å². The molecule has 31 heavy (non-hydrogen) atoms. The maximum atomic E-state index is 13.5. The Morgan fingerprint density at radius 2 is 1.45 bits per heavy atom. The third-order valence-corrected chi connectivity index (χ3v) is 5.15. The number of carbonyl (C=O) groups excluding carboxylic acids is 2. The first kappa shape index (κ1) is 18.6. The first-order valence-electron chi connectivity index (χ1n) is 9.27. The van der Waals surface area contributed by atoms with Crippen LogP contribution in [0.2, 0.25) is 0 Å². The van der Waals surface area contributed by atoms with Crippen molar-refractivity contribution in [2.24, 2.45) is 0 Å². The van der Waals surface area contributed by atoms with Gasteiger partial charge in [-0.15, -0.1) is 0 Å². The molecule has 0 saturated carbocycles. The summed E-state index contributed by atoms with van der Waals surface area (Å²) in [4.78, 5) is 41.4. The van der Waals surface area contributed by atoms with Crippen LogP contribution < -0.4 is 0 Å². The highest BCUT2D eigenvalue weighted by atomic mass is 19.1. The van der Waals surface area contributed by atoms with Gasteiger partial charge < -0.3 is 0 Å². The number of nitrogens with zero attached hydrogens (tertiary/aromatic N) is 3. The van der Waals surface area contributed by atoms with Crippen LogP contribution in [-0.2, 0) is 0 Å². The van der Waals surface area contributed by atoms with Crippen LogP contribution in [0, 0.1) is 15.9 Å². The lowest BCUT2D eigenvalue weighted by Gasteiger charge is -2.16. The van der Waals surface area contributed by atoms with Gasteiger partial charge in [0.25, 0.3) is 5.69 Å². The van der Waals surface area contributed by atoms with Crippen molar-refractivity contribution in [1.29, 1.82) is 0 Å². The number of halogens is 1. The van der Waals surface area contributed by atoms with Crippen molar-refractivity contribution < 1.29 is 18.9 Å². The number of aromatic nitrogens is 2. The highest BCUT2D eigenvalue weighted by molar-refractivity contribution is 6.27. The number of non-ortho nitro benzene ring substituents is 1. The van der Waals surface area contributed by atoms with Gasteiger partial charge >= 0.3 is 0 Å². The Hall–Kier alpha value is -4.46. The van der Waals surface area contributed by atoms with Gasteiger partial charge in [-0.3, -0.25) is 24.3 Å². The van der Waals surface area contributed by atoms with E-state index in [1.165, 1.54) is 53.1 Å². The Morgan fingerprint density at radius 3 is 2.06 bits per heavy atom. The van der Waals surface area contributed by atoms with Crippen molar-refractivity contribution in [3.63, 3.8) is 0 Å². The fourth-order valence-electron chi connectivity index (χ4n) is 3.69. The molecule has 0 bridgehead atoms. The summed E-state index contributed by atoms with van der Waals surface area (Å²) in [7, 11) is 0. The average molecular weight is 413 g/mol. The molecule has 8 heteroatoms. The molecule has 3 aromatic carbocycles. The molecule has 0 radical (unpaired) electrons. The second kappa shape index (κ2) is 6.81. The molecule has 0 aliphatic heterocycles. The number of ketones is 2. The molecule has 0 amide bonds. The summed E-state index contributed by atoms with van der Waals surface area (Å²) in [6.07, 6.45) is 0. The molecule has 0 N–H and O–H groups in total. The summed E-state index contributed by atoms with van der Waals surface area (Å²) in [6, 6.07) is 17.5. The van der Waals surface area contributed by atoms with Gasteiger partial charge in [0.05, 0.1) is 4.92 Å². The van der Waals surface area contributed by atoms with E-state index in [2.05, 4.69) is 4.98 Å². The van der Waals surface area contributed by atoms with Gasteiger partial charge in [-0.2, -0.15) is 0 Å². The predicted octanol–water partition coefficient (Wildman–Crippen LogP) is 4.36. The number of nitro groups is 1. The molecule has 150 valence electrons. The van der Waals surface area contributed by atoms with E-state index >= 15 is 0 Å². The maximum Gasteiger partial charge on any atom is 0.269 e. The molecule has 0 atom stereocenters. The normalized spacial score (nSPS) is 12.4. The molecule has 1 aromatic heterocycles. The van der Waals surface area contributed by atoms with Crippen LogP contribution in [0.3, 0.4) is 0 Å². The Kier molecular flexibility index (Phi) is 4.07. The molecule has 0 saturated heterocycles. The highest BCUT2D eigenvalue weighted by Gasteiger charge is 2.36. The van der Waals surface area contributed by atoms with Crippen molar-refractivity contribution in [2.45, 2.75) is 0 Å². The monoisotopic (exact) mass is 413 g/mol. The molecule has 1 heterocycles. The quantitative estimate of drug-likeness (QED) is 0.323. The molecule has 0 spiro atoms. The number of imidazole rings is 1. The molecular formula is C23H12FN3O4. The lowest BCUT2D eigenvalue weighted by atomic mass is 9.90. The van der Waals surface area contributed by atoms with E-state index < -0.39 is 16.5 Å². The molecule has 7 nitrogen and oxygen atoms in total. The van der Waals surface area contributed by atoms with E-state index in [0.29, 0.717) is 11.3 Å². The van der Waals surface area contributed by atoms with Gasteiger partial charge in [0, 0.05) is 34.5 Å². The lowest BCUT2D eigenvalue weighted by Crippen LogP contribution is -2.22. The minimum Gasteiger partial charge on any atom is -0.289 e. The van der Waals surface area contributed by atoms with Gasteiger partial charge in [0.2, 0.25) is 11.6 Å². The zero-order chi connectivity index (χ0) is 21.7. The van der Waals surface area contributed by atoms with E-state index in [-0.39, 0.29) is 39.8 Å². The number of fused-ring (bicyclic) bond motifs is 2. The lowest BCUT2D eigenvalue weighted by molar-refractivity contribution is -0.384.